The number of hydrogen-bond donors (Lipinski definition) is 1. The van der Waals surface area contributed by atoms with Crippen molar-refractivity contribution >= 4 is 17.4 Å². The SMILES string of the molecule is CO[C@@H](Cc1nnc2cc(-c3ccnc(Nc4ccnn4C)n3)ccn12)C(F)(F)F. The summed E-state index contributed by atoms with van der Waals surface area (Å²) in [5.41, 5.74) is 1.74. The van der Waals surface area contributed by atoms with Crippen LogP contribution in [0.15, 0.2) is 42.9 Å². The zero-order valence-corrected chi connectivity index (χ0v) is 16.0. The van der Waals surface area contributed by atoms with Gasteiger partial charge in [-0.15, -0.1) is 10.2 Å². The summed E-state index contributed by atoms with van der Waals surface area (Å²) in [7, 11) is 2.81. The molecule has 0 unspecified atom stereocenters. The Morgan fingerprint density at radius 3 is 2.70 bits per heavy atom. The fourth-order valence-corrected chi connectivity index (χ4v) is 2.93. The fraction of sp³-hybridized carbons (Fsp3) is 0.278. The van der Waals surface area contributed by atoms with Gasteiger partial charge in [0.25, 0.3) is 0 Å². The molecule has 0 saturated heterocycles. The van der Waals surface area contributed by atoms with E-state index in [0.29, 0.717) is 17.3 Å². The van der Waals surface area contributed by atoms with Gasteiger partial charge in [-0.25, -0.2) is 9.97 Å². The van der Waals surface area contributed by atoms with E-state index >= 15 is 0 Å². The molecule has 1 N–H and O–H groups in total. The van der Waals surface area contributed by atoms with Gasteiger partial charge >= 0.3 is 6.18 Å². The van der Waals surface area contributed by atoms with Crippen molar-refractivity contribution in [2.75, 3.05) is 12.4 Å². The number of aromatic nitrogens is 7. The van der Waals surface area contributed by atoms with Gasteiger partial charge in [-0.1, -0.05) is 0 Å². The normalized spacial score (nSPS) is 13.0. The highest BCUT2D eigenvalue weighted by Crippen LogP contribution is 2.26. The number of pyridine rings is 1. The van der Waals surface area contributed by atoms with E-state index in [2.05, 4.69) is 35.3 Å². The first-order valence-electron chi connectivity index (χ1n) is 8.87. The number of methoxy groups -OCH3 is 1. The highest BCUT2D eigenvalue weighted by molar-refractivity contribution is 5.65. The molecular formula is C18H17F3N8O. The van der Waals surface area contributed by atoms with E-state index in [1.165, 1.54) is 4.40 Å². The number of aryl methyl sites for hydroxylation is 1. The number of nitrogens with zero attached hydrogens (tertiary/aromatic N) is 7. The van der Waals surface area contributed by atoms with Crippen LogP contribution in [0.3, 0.4) is 0 Å². The van der Waals surface area contributed by atoms with Gasteiger partial charge in [0.05, 0.1) is 11.9 Å². The zero-order chi connectivity index (χ0) is 21.3. The second kappa shape index (κ2) is 7.71. The van der Waals surface area contributed by atoms with Crippen LogP contribution in [-0.4, -0.2) is 53.7 Å². The Hall–Kier alpha value is -3.54. The van der Waals surface area contributed by atoms with Gasteiger partial charge in [-0.2, -0.15) is 18.3 Å². The first-order valence-corrected chi connectivity index (χ1v) is 8.87. The number of nitrogens with one attached hydrogen (secondary N) is 1. The maximum atomic E-state index is 13.0. The minimum atomic E-state index is -4.49. The summed E-state index contributed by atoms with van der Waals surface area (Å²) in [5, 5.41) is 15.0. The highest BCUT2D eigenvalue weighted by atomic mass is 19.4. The summed E-state index contributed by atoms with van der Waals surface area (Å²) in [6, 6.07) is 6.93. The van der Waals surface area contributed by atoms with E-state index in [0.717, 1.165) is 18.5 Å². The van der Waals surface area contributed by atoms with E-state index in [4.69, 9.17) is 0 Å². The highest BCUT2D eigenvalue weighted by Gasteiger charge is 2.40. The summed E-state index contributed by atoms with van der Waals surface area (Å²) in [6.07, 6.45) is -2.01. The van der Waals surface area contributed by atoms with E-state index in [1.807, 2.05) is 0 Å². The summed E-state index contributed by atoms with van der Waals surface area (Å²) < 4.78 is 46.7. The lowest BCUT2D eigenvalue weighted by molar-refractivity contribution is -0.212. The minimum Gasteiger partial charge on any atom is -0.372 e. The second-order valence-corrected chi connectivity index (χ2v) is 6.46. The third-order valence-corrected chi connectivity index (χ3v) is 4.51. The van der Waals surface area contributed by atoms with Crippen LogP contribution in [0.25, 0.3) is 16.9 Å². The molecule has 0 aliphatic rings. The van der Waals surface area contributed by atoms with Crippen LogP contribution < -0.4 is 5.32 Å². The molecule has 0 spiro atoms. The van der Waals surface area contributed by atoms with Crippen molar-refractivity contribution in [3.63, 3.8) is 0 Å². The molecule has 0 amide bonds. The number of alkyl halides is 3. The molecular weight excluding hydrogens is 401 g/mol. The van der Waals surface area contributed by atoms with Crippen molar-refractivity contribution in [1.82, 2.24) is 34.3 Å². The van der Waals surface area contributed by atoms with Gasteiger partial charge in [-0.05, 0) is 18.2 Å². The standard InChI is InChI=1S/C18H17F3N8O/c1-28-14(4-7-23-28)25-17-22-6-3-12(24-17)11-5-8-29-15(9-11)26-27-16(29)10-13(30-2)18(19,20)21/h3-9,13H,10H2,1-2H3,(H,22,24,25)/t13-/m0/s1. The molecule has 4 aromatic heterocycles. The zero-order valence-electron chi connectivity index (χ0n) is 16.0. The van der Waals surface area contributed by atoms with Gasteiger partial charge < -0.3 is 10.1 Å². The molecule has 0 radical (unpaired) electrons. The largest absolute Gasteiger partial charge is 0.415 e. The second-order valence-electron chi connectivity index (χ2n) is 6.46. The summed E-state index contributed by atoms with van der Waals surface area (Å²) in [4.78, 5) is 8.67. The third kappa shape index (κ3) is 3.94. The lowest BCUT2D eigenvalue weighted by atomic mass is 10.2. The molecule has 0 aliphatic heterocycles. The van der Waals surface area contributed by atoms with Crippen LogP contribution in [0, 0.1) is 0 Å². The predicted molar refractivity (Wildman–Crippen MR) is 101 cm³/mol. The van der Waals surface area contributed by atoms with Crippen LogP contribution in [0.4, 0.5) is 24.9 Å². The third-order valence-electron chi connectivity index (χ3n) is 4.51. The lowest BCUT2D eigenvalue weighted by Crippen LogP contribution is -2.33. The average molecular weight is 418 g/mol. The Labute approximate surface area is 168 Å². The van der Waals surface area contributed by atoms with Crippen LogP contribution >= 0.6 is 0 Å². The van der Waals surface area contributed by atoms with Crippen LogP contribution in [-0.2, 0) is 18.2 Å². The van der Waals surface area contributed by atoms with Gasteiger partial charge in [0, 0.05) is 44.6 Å². The first-order chi connectivity index (χ1) is 14.3. The molecule has 9 nitrogen and oxygen atoms in total. The van der Waals surface area contributed by atoms with Gasteiger partial charge in [-0.3, -0.25) is 9.08 Å². The Balaban J connectivity index is 1.60. The molecule has 4 rings (SSSR count). The summed E-state index contributed by atoms with van der Waals surface area (Å²) in [5.74, 6) is 1.26. The summed E-state index contributed by atoms with van der Waals surface area (Å²) >= 11 is 0. The Morgan fingerprint density at radius 1 is 1.17 bits per heavy atom. The monoisotopic (exact) mass is 418 g/mol. The van der Waals surface area contributed by atoms with Crippen molar-refractivity contribution in [1.29, 1.82) is 0 Å². The molecule has 0 fully saturated rings. The van der Waals surface area contributed by atoms with Crippen molar-refractivity contribution in [3.05, 3.63) is 48.7 Å². The van der Waals surface area contributed by atoms with Crippen molar-refractivity contribution in [2.24, 2.45) is 7.05 Å². The average Bonchev–Trinajstić information content (AvgIpc) is 3.31. The van der Waals surface area contributed by atoms with Crippen LogP contribution in [0.2, 0.25) is 0 Å². The number of anilines is 2. The Kier molecular flexibility index (Phi) is 5.08. The smallest absolute Gasteiger partial charge is 0.372 e. The van der Waals surface area contributed by atoms with Crippen LogP contribution in [0.5, 0.6) is 0 Å². The quantitative estimate of drug-likeness (QED) is 0.514. The maximum absolute atomic E-state index is 13.0. The van der Waals surface area contributed by atoms with E-state index in [-0.39, 0.29) is 5.82 Å². The van der Waals surface area contributed by atoms with E-state index in [9.17, 15) is 13.2 Å². The summed E-state index contributed by atoms with van der Waals surface area (Å²) in [6.45, 7) is 0. The van der Waals surface area contributed by atoms with Crippen molar-refractivity contribution in [3.8, 4) is 11.3 Å². The topological polar surface area (TPSA) is 95.0 Å². The number of halogens is 3. The molecule has 4 aromatic rings. The number of hydrogen-bond acceptors (Lipinski definition) is 7. The van der Waals surface area contributed by atoms with E-state index < -0.39 is 18.7 Å². The molecule has 30 heavy (non-hydrogen) atoms. The fourth-order valence-electron chi connectivity index (χ4n) is 2.93. The predicted octanol–water partition coefficient (Wildman–Crippen LogP) is 2.78. The van der Waals surface area contributed by atoms with Crippen LogP contribution in [0.1, 0.15) is 5.82 Å². The van der Waals surface area contributed by atoms with Crippen molar-refractivity contribution in [2.45, 2.75) is 18.7 Å². The molecule has 0 saturated carbocycles. The van der Waals surface area contributed by atoms with Gasteiger partial charge in [0.15, 0.2) is 11.8 Å². The molecule has 0 aliphatic carbocycles. The Morgan fingerprint density at radius 2 is 2.00 bits per heavy atom. The maximum Gasteiger partial charge on any atom is 0.415 e. The Bertz CT molecular complexity index is 1170. The molecule has 0 aromatic carbocycles. The van der Waals surface area contributed by atoms with Gasteiger partial charge in [0.1, 0.15) is 11.6 Å². The van der Waals surface area contributed by atoms with E-state index in [1.54, 1.807) is 54.6 Å². The first kappa shape index (κ1) is 19.8. The number of rotatable bonds is 6. The number of fused-ring (bicyclic) bond motifs is 1. The van der Waals surface area contributed by atoms with Crippen molar-refractivity contribution < 1.29 is 17.9 Å². The molecule has 1 atom stereocenters. The number of ether oxygens (including phenoxy) is 1. The lowest BCUT2D eigenvalue weighted by Gasteiger charge is -2.17. The molecule has 4 heterocycles. The minimum absolute atomic E-state index is 0.155. The molecule has 12 heteroatoms. The molecule has 156 valence electrons. The van der Waals surface area contributed by atoms with Gasteiger partial charge in [0.2, 0.25) is 5.95 Å². The molecule has 0 bridgehead atoms.